The number of ether oxygens (including phenoxy) is 1. The lowest BCUT2D eigenvalue weighted by molar-refractivity contribution is 0.415. The fourth-order valence-electron chi connectivity index (χ4n) is 2.20. The Morgan fingerprint density at radius 1 is 1.20 bits per heavy atom. The van der Waals surface area contributed by atoms with E-state index in [0.29, 0.717) is 5.69 Å². The number of halogens is 1. The molecule has 0 fully saturated rings. The molecule has 0 radical (unpaired) electrons. The zero-order valence-corrected chi connectivity index (χ0v) is 11.9. The van der Waals surface area contributed by atoms with Gasteiger partial charge in [-0.1, -0.05) is 18.2 Å². The maximum Gasteiger partial charge on any atom is 0.147 e. The molecule has 0 aliphatic heterocycles. The van der Waals surface area contributed by atoms with Gasteiger partial charge in [-0.25, -0.2) is 4.39 Å². The second-order valence-electron chi connectivity index (χ2n) is 4.73. The summed E-state index contributed by atoms with van der Waals surface area (Å²) in [6.45, 7) is 1.84. The van der Waals surface area contributed by atoms with Crippen LogP contribution in [0.4, 0.5) is 15.8 Å². The van der Waals surface area contributed by atoms with E-state index >= 15 is 0 Å². The van der Waals surface area contributed by atoms with Gasteiger partial charge in [0.1, 0.15) is 11.6 Å². The SMILES string of the molecule is COc1cccc(N(C)c2c(F)cccc2C(C)N)c1. The summed E-state index contributed by atoms with van der Waals surface area (Å²) in [6, 6.07) is 12.2. The van der Waals surface area contributed by atoms with E-state index in [1.807, 2.05) is 44.3 Å². The van der Waals surface area contributed by atoms with E-state index in [1.54, 1.807) is 18.1 Å². The lowest BCUT2D eigenvalue weighted by Gasteiger charge is -2.25. The van der Waals surface area contributed by atoms with Crippen LogP contribution in [0.25, 0.3) is 0 Å². The summed E-state index contributed by atoms with van der Waals surface area (Å²) >= 11 is 0. The van der Waals surface area contributed by atoms with Gasteiger partial charge in [0.15, 0.2) is 0 Å². The molecule has 0 aliphatic carbocycles. The fourth-order valence-corrected chi connectivity index (χ4v) is 2.20. The predicted octanol–water partition coefficient (Wildman–Crippen LogP) is 3.62. The van der Waals surface area contributed by atoms with E-state index in [9.17, 15) is 4.39 Å². The van der Waals surface area contributed by atoms with Gasteiger partial charge in [-0.3, -0.25) is 0 Å². The molecule has 2 aromatic rings. The first-order valence-electron chi connectivity index (χ1n) is 6.46. The molecule has 20 heavy (non-hydrogen) atoms. The van der Waals surface area contributed by atoms with Crippen molar-refractivity contribution in [1.82, 2.24) is 0 Å². The minimum absolute atomic E-state index is 0.242. The first-order chi connectivity index (χ1) is 9.54. The molecular formula is C16H19FN2O. The molecule has 3 nitrogen and oxygen atoms in total. The molecule has 0 spiro atoms. The number of nitrogens with zero attached hydrogens (tertiary/aromatic N) is 1. The lowest BCUT2D eigenvalue weighted by atomic mass is 10.0. The van der Waals surface area contributed by atoms with Crippen LogP contribution in [0.5, 0.6) is 5.75 Å². The average molecular weight is 274 g/mol. The summed E-state index contributed by atoms with van der Waals surface area (Å²) in [5.74, 6) is 0.443. The molecule has 0 aromatic heterocycles. The maximum atomic E-state index is 14.2. The molecule has 0 bridgehead atoms. The largest absolute Gasteiger partial charge is 0.497 e. The lowest BCUT2D eigenvalue weighted by Crippen LogP contribution is -2.17. The van der Waals surface area contributed by atoms with Crippen molar-refractivity contribution in [2.45, 2.75) is 13.0 Å². The fraction of sp³-hybridized carbons (Fsp3) is 0.250. The highest BCUT2D eigenvalue weighted by Crippen LogP contribution is 2.33. The van der Waals surface area contributed by atoms with Crippen molar-refractivity contribution in [3.8, 4) is 5.75 Å². The number of hydrogen-bond donors (Lipinski definition) is 1. The van der Waals surface area contributed by atoms with E-state index in [2.05, 4.69) is 0 Å². The summed E-state index contributed by atoms with van der Waals surface area (Å²) < 4.78 is 19.4. The third-order valence-corrected chi connectivity index (χ3v) is 3.28. The summed E-state index contributed by atoms with van der Waals surface area (Å²) in [5.41, 5.74) is 8.05. The highest BCUT2D eigenvalue weighted by atomic mass is 19.1. The van der Waals surface area contributed by atoms with Crippen LogP contribution in [0, 0.1) is 5.82 Å². The molecule has 0 saturated heterocycles. The quantitative estimate of drug-likeness (QED) is 0.925. The van der Waals surface area contributed by atoms with Gasteiger partial charge in [-0.15, -0.1) is 0 Å². The van der Waals surface area contributed by atoms with Crippen molar-refractivity contribution < 1.29 is 9.13 Å². The third-order valence-electron chi connectivity index (χ3n) is 3.28. The van der Waals surface area contributed by atoms with Gasteiger partial charge in [0.05, 0.1) is 12.8 Å². The van der Waals surface area contributed by atoms with Crippen LogP contribution in [0.2, 0.25) is 0 Å². The topological polar surface area (TPSA) is 38.5 Å². The molecule has 2 aromatic carbocycles. The number of nitrogens with two attached hydrogens (primary N) is 1. The Labute approximate surface area is 118 Å². The molecule has 106 valence electrons. The molecule has 4 heteroatoms. The van der Waals surface area contributed by atoms with Crippen LogP contribution >= 0.6 is 0 Å². The Kier molecular flexibility index (Phi) is 4.25. The van der Waals surface area contributed by atoms with Crippen molar-refractivity contribution in [3.63, 3.8) is 0 Å². The number of rotatable bonds is 4. The normalized spacial score (nSPS) is 12.1. The first kappa shape index (κ1) is 14.3. The van der Waals surface area contributed by atoms with Crippen molar-refractivity contribution in [3.05, 3.63) is 53.8 Å². The molecule has 2 rings (SSSR count). The van der Waals surface area contributed by atoms with Gasteiger partial charge in [0.25, 0.3) is 0 Å². The summed E-state index contributed by atoms with van der Waals surface area (Å²) in [5, 5.41) is 0. The number of hydrogen-bond acceptors (Lipinski definition) is 3. The van der Waals surface area contributed by atoms with Crippen LogP contribution in [-0.4, -0.2) is 14.2 Å². The van der Waals surface area contributed by atoms with E-state index in [0.717, 1.165) is 17.0 Å². The molecule has 0 heterocycles. The van der Waals surface area contributed by atoms with E-state index in [-0.39, 0.29) is 11.9 Å². The number of para-hydroxylation sites is 1. The highest BCUT2D eigenvalue weighted by Gasteiger charge is 2.16. The molecule has 0 amide bonds. The van der Waals surface area contributed by atoms with E-state index in [1.165, 1.54) is 6.07 Å². The zero-order valence-electron chi connectivity index (χ0n) is 11.9. The number of anilines is 2. The number of benzene rings is 2. The monoisotopic (exact) mass is 274 g/mol. The van der Waals surface area contributed by atoms with E-state index < -0.39 is 0 Å². The summed E-state index contributed by atoms with van der Waals surface area (Å²) in [4.78, 5) is 1.79. The zero-order chi connectivity index (χ0) is 14.7. The van der Waals surface area contributed by atoms with Crippen molar-refractivity contribution >= 4 is 11.4 Å². The van der Waals surface area contributed by atoms with Gasteiger partial charge in [0, 0.05) is 24.8 Å². The highest BCUT2D eigenvalue weighted by molar-refractivity contribution is 5.68. The Hall–Kier alpha value is -2.07. The van der Waals surface area contributed by atoms with Crippen LogP contribution in [-0.2, 0) is 0 Å². The van der Waals surface area contributed by atoms with Gasteiger partial charge in [-0.2, -0.15) is 0 Å². The summed E-state index contributed by atoms with van der Waals surface area (Å²) in [7, 11) is 3.43. The second-order valence-corrected chi connectivity index (χ2v) is 4.73. The Morgan fingerprint density at radius 2 is 1.90 bits per heavy atom. The smallest absolute Gasteiger partial charge is 0.147 e. The Morgan fingerprint density at radius 3 is 2.55 bits per heavy atom. The van der Waals surface area contributed by atoms with Crippen LogP contribution < -0.4 is 15.4 Å². The Bertz CT molecular complexity index is 599. The van der Waals surface area contributed by atoms with Crippen LogP contribution in [0.15, 0.2) is 42.5 Å². The molecular weight excluding hydrogens is 255 g/mol. The maximum absolute atomic E-state index is 14.2. The predicted molar refractivity (Wildman–Crippen MR) is 80.1 cm³/mol. The first-order valence-corrected chi connectivity index (χ1v) is 6.46. The standard InChI is InChI=1S/C16H19FN2O/c1-11(18)14-8-5-9-15(17)16(14)19(2)12-6-4-7-13(10-12)20-3/h4-11H,18H2,1-3H3. The Balaban J connectivity index is 2.49. The minimum Gasteiger partial charge on any atom is -0.497 e. The van der Waals surface area contributed by atoms with Crippen LogP contribution in [0.1, 0.15) is 18.5 Å². The van der Waals surface area contributed by atoms with Crippen molar-refractivity contribution in [2.75, 3.05) is 19.1 Å². The molecule has 1 unspecified atom stereocenters. The molecule has 2 N–H and O–H groups in total. The summed E-state index contributed by atoms with van der Waals surface area (Å²) in [6.07, 6.45) is 0. The van der Waals surface area contributed by atoms with E-state index in [4.69, 9.17) is 10.5 Å². The van der Waals surface area contributed by atoms with Crippen molar-refractivity contribution in [1.29, 1.82) is 0 Å². The van der Waals surface area contributed by atoms with Gasteiger partial charge in [0.2, 0.25) is 0 Å². The van der Waals surface area contributed by atoms with Gasteiger partial charge >= 0.3 is 0 Å². The minimum atomic E-state index is -0.287. The third kappa shape index (κ3) is 2.75. The average Bonchev–Trinajstić information content (AvgIpc) is 2.46. The second kappa shape index (κ2) is 5.92. The van der Waals surface area contributed by atoms with Gasteiger partial charge < -0.3 is 15.4 Å². The van der Waals surface area contributed by atoms with Gasteiger partial charge in [-0.05, 0) is 30.7 Å². The van der Waals surface area contributed by atoms with Crippen LogP contribution in [0.3, 0.4) is 0 Å². The molecule has 0 saturated carbocycles. The molecule has 1 atom stereocenters. The molecule has 0 aliphatic rings. The number of methoxy groups -OCH3 is 1. The van der Waals surface area contributed by atoms with Crippen molar-refractivity contribution in [2.24, 2.45) is 5.73 Å².